The lowest BCUT2D eigenvalue weighted by Crippen LogP contribution is -2.41. The molecular formula is C27H21N3O3. The number of rotatable bonds is 5. The first-order valence-electron chi connectivity index (χ1n) is 10.5. The maximum Gasteiger partial charge on any atom is 0.261 e. The van der Waals surface area contributed by atoms with Crippen LogP contribution in [-0.4, -0.2) is 33.6 Å². The van der Waals surface area contributed by atoms with Gasteiger partial charge in [-0.05, 0) is 47.5 Å². The molecule has 0 fully saturated rings. The number of aromatic nitrogens is 2. The van der Waals surface area contributed by atoms with Crippen LogP contribution < -0.4 is 4.74 Å². The minimum absolute atomic E-state index is 0.177. The largest absolute Gasteiger partial charge is 0.497 e. The average molecular weight is 435 g/mol. The van der Waals surface area contributed by atoms with Crippen molar-refractivity contribution in [2.24, 2.45) is 0 Å². The highest BCUT2D eigenvalue weighted by Gasteiger charge is 2.34. The standard InChI is InChI=1S/C27H21N3O3/c1-33-22-13-11-19(12-14-22)17-29-26(31)24-10-6-5-9-23(24)25(27(29)32)15-20-16-28-30(18-20)21-7-3-2-4-8-21/h2-16,18H,17H2,1H3/b25-15-. The quantitative estimate of drug-likeness (QED) is 0.339. The summed E-state index contributed by atoms with van der Waals surface area (Å²) in [6.45, 7) is 0.177. The van der Waals surface area contributed by atoms with E-state index < -0.39 is 0 Å². The summed E-state index contributed by atoms with van der Waals surface area (Å²) in [5.74, 6) is 0.0851. The van der Waals surface area contributed by atoms with E-state index >= 15 is 0 Å². The van der Waals surface area contributed by atoms with Gasteiger partial charge in [-0.2, -0.15) is 5.10 Å². The fraction of sp³-hybridized carbons (Fsp3) is 0.0741. The molecule has 0 saturated heterocycles. The molecular weight excluding hydrogens is 414 g/mol. The molecule has 0 unspecified atom stereocenters. The molecule has 6 nitrogen and oxygen atoms in total. The van der Waals surface area contributed by atoms with Crippen LogP contribution in [0.1, 0.15) is 27.0 Å². The van der Waals surface area contributed by atoms with Crippen molar-refractivity contribution in [3.8, 4) is 11.4 Å². The Labute approximate surface area is 191 Å². The minimum Gasteiger partial charge on any atom is -0.497 e. The Morgan fingerprint density at radius 3 is 2.27 bits per heavy atom. The van der Waals surface area contributed by atoms with Crippen LogP contribution in [-0.2, 0) is 11.3 Å². The summed E-state index contributed by atoms with van der Waals surface area (Å²) in [7, 11) is 1.60. The van der Waals surface area contributed by atoms with E-state index in [0.29, 0.717) is 16.7 Å². The molecule has 2 heterocycles. The van der Waals surface area contributed by atoms with Crippen molar-refractivity contribution in [1.29, 1.82) is 0 Å². The molecule has 2 amide bonds. The van der Waals surface area contributed by atoms with Gasteiger partial charge in [0.1, 0.15) is 5.75 Å². The zero-order valence-corrected chi connectivity index (χ0v) is 18.0. The molecule has 0 spiro atoms. The molecule has 3 aromatic carbocycles. The van der Waals surface area contributed by atoms with Crippen LogP contribution in [0.4, 0.5) is 0 Å². The fourth-order valence-electron chi connectivity index (χ4n) is 3.90. The Morgan fingerprint density at radius 2 is 1.55 bits per heavy atom. The summed E-state index contributed by atoms with van der Waals surface area (Å²) in [6, 6.07) is 24.3. The highest BCUT2D eigenvalue weighted by Crippen LogP contribution is 2.31. The number of hydrogen-bond acceptors (Lipinski definition) is 4. The Hall–Kier alpha value is -4.45. The van der Waals surface area contributed by atoms with Crippen LogP contribution in [0.2, 0.25) is 0 Å². The highest BCUT2D eigenvalue weighted by atomic mass is 16.5. The van der Waals surface area contributed by atoms with E-state index in [1.165, 1.54) is 4.90 Å². The van der Waals surface area contributed by atoms with E-state index in [1.807, 2.05) is 79.0 Å². The van der Waals surface area contributed by atoms with Crippen molar-refractivity contribution < 1.29 is 14.3 Å². The van der Waals surface area contributed by atoms with Gasteiger partial charge in [0.05, 0.1) is 25.5 Å². The second-order valence-corrected chi connectivity index (χ2v) is 7.70. The third kappa shape index (κ3) is 3.94. The monoisotopic (exact) mass is 435 g/mol. The summed E-state index contributed by atoms with van der Waals surface area (Å²) >= 11 is 0. The van der Waals surface area contributed by atoms with Gasteiger partial charge in [0.15, 0.2) is 0 Å². The van der Waals surface area contributed by atoms with Gasteiger partial charge in [0.2, 0.25) is 0 Å². The van der Waals surface area contributed by atoms with Gasteiger partial charge in [0, 0.05) is 22.9 Å². The Kier molecular flexibility index (Phi) is 5.32. The predicted molar refractivity (Wildman–Crippen MR) is 126 cm³/mol. The van der Waals surface area contributed by atoms with E-state index in [4.69, 9.17) is 4.74 Å². The third-order valence-corrected chi connectivity index (χ3v) is 5.60. The number of benzene rings is 3. The molecule has 162 valence electrons. The molecule has 0 radical (unpaired) electrons. The van der Waals surface area contributed by atoms with E-state index in [1.54, 1.807) is 30.1 Å². The second-order valence-electron chi connectivity index (χ2n) is 7.70. The first-order chi connectivity index (χ1) is 16.1. The lowest BCUT2D eigenvalue weighted by atomic mass is 9.92. The van der Waals surface area contributed by atoms with Crippen molar-refractivity contribution in [2.45, 2.75) is 6.54 Å². The summed E-state index contributed by atoms with van der Waals surface area (Å²) in [6.07, 6.45) is 5.36. The molecule has 33 heavy (non-hydrogen) atoms. The van der Waals surface area contributed by atoms with Crippen molar-refractivity contribution in [3.05, 3.63) is 114 Å². The van der Waals surface area contributed by atoms with Gasteiger partial charge >= 0.3 is 0 Å². The minimum atomic E-state index is -0.332. The number of fused-ring (bicyclic) bond motifs is 1. The normalized spacial score (nSPS) is 14.5. The van der Waals surface area contributed by atoms with Crippen molar-refractivity contribution in [2.75, 3.05) is 7.11 Å². The number of para-hydroxylation sites is 1. The van der Waals surface area contributed by atoms with Crippen molar-refractivity contribution in [1.82, 2.24) is 14.7 Å². The number of ether oxygens (including phenoxy) is 1. The van der Waals surface area contributed by atoms with Crippen molar-refractivity contribution in [3.63, 3.8) is 0 Å². The van der Waals surface area contributed by atoms with Crippen LogP contribution in [0.15, 0.2) is 91.3 Å². The van der Waals surface area contributed by atoms with Crippen molar-refractivity contribution >= 4 is 23.5 Å². The first-order valence-corrected chi connectivity index (χ1v) is 10.5. The molecule has 6 heteroatoms. The van der Waals surface area contributed by atoms with E-state index in [9.17, 15) is 9.59 Å². The number of amides is 2. The van der Waals surface area contributed by atoms with Gasteiger partial charge in [-0.3, -0.25) is 14.5 Å². The van der Waals surface area contributed by atoms with Gasteiger partial charge < -0.3 is 4.74 Å². The summed E-state index contributed by atoms with van der Waals surface area (Å²) in [5, 5.41) is 4.42. The van der Waals surface area contributed by atoms with Crippen LogP contribution in [0, 0.1) is 0 Å². The van der Waals surface area contributed by atoms with E-state index in [2.05, 4.69) is 5.10 Å². The van der Waals surface area contributed by atoms with Crippen LogP contribution in [0.3, 0.4) is 0 Å². The average Bonchev–Trinajstić information content (AvgIpc) is 3.34. The fourth-order valence-corrected chi connectivity index (χ4v) is 3.90. The maximum absolute atomic E-state index is 13.5. The van der Waals surface area contributed by atoms with E-state index in [0.717, 1.165) is 22.6 Å². The molecule has 1 aromatic heterocycles. The highest BCUT2D eigenvalue weighted by molar-refractivity contribution is 6.33. The second kappa shape index (κ2) is 8.59. The third-order valence-electron chi connectivity index (χ3n) is 5.60. The molecule has 5 rings (SSSR count). The zero-order valence-electron chi connectivity index (χ0n) is 18.0. The number of imide groups is 1. The zero-order chi connectivity index (χ0) is 22.8. The van der Waals surface area contributed by atoms with Crippen LogP contribution in [0.25, 0.3) is 17.3 Å². The van der Waals surface area contributed by atoms with Crippen LogP contribution in [0.5, 0.6) is 5.75 Å². The maximum atomic E-state index is 13.5. The summed E-state index contributed by atoms with van der Waals surface area (Å²) in [5.41, 5.74) is 4.14. The molecule has 0 bridgehead atoms. The molecule has 1 aliphatic rings. The van der Waals surface area contributed by atoms with E-state index in [-0.39, 0.29) is 18.4 Å². The Morgan fingerprint density at radius 1 is 0.848 bits per heavy atom. The number of carbonyl (C=O) groups excluding carboxylic acids is 2. The Balaban J connectivity index is 1.52. The van der Waals surface area contributed by atoms with Gasteiger partial charge in [-0.1, -0.05) is 48.5 Å². The van der Waals surface area contributed by atoms with Crippen LogP contribution >= 0.6 is 0 Å². The smallest absolute Gasteiger partial charge is 0.261 e. The lowest BCUT2D eigenvalue weighted by molar-refractivity contribution is -0.123. The molecule has 0 saturated carbocycles. The molecule has 0 aliphatic carbocycles. The molecule has 4 aromatic rings. The summed E-state index contributed by atoms with van der Waals surface area (Å²) in [4.78, 5) is 28.0. The number of carbonyl (C=O) groups is 2. The van der Waals surface area contributed by atoms with Gasteiger partial charge in [-0.15, -0.1) is 0 Å². The SMILES string of the molecule is COc1ccc(CN2C(=O)/C(=C\c3cnn(-c4ccccc4)c3)c3ccccc3C2=O)cc1. The van der Waals surface area contributed by atoms with Gasteiger partial charge in [-0.25, -0.2) is 4.68 Å². The predicted octanol–water partition coefficient (Wildman–Crippen LogP) is 4.60. The first kappa shape index (κ1) is 20.5. The summed E-state index contributed by atoms with van der Waals surface area (Å²) < 4.78 is 6.96. The molecule has 1 aliphatic heterocycles. The number of hydrogen-bond donors (Lipinski definition) is 0. The Bertz CT molecular complexity index is 1350. The topological polar surface area (TPSA) is 64.4 Å². The van der Waals surface area contributed by atoms with Gasteiger partial charge in [0.25, 0.3) is 11.8 Å². The number of nitrogens with zero attached hydrogens (tertiary/aromatic N) is 3. The lowest BCUT2D eigenvalue weighted by Gasteiger charge is -2.28. The molecule has 0 N–H and O–H groups in total. The number of methoxy groups -OCH3 is 1. The molecule has 0 atom stereocenters.